The van der Waals surface area contributed by atoms with E-state index in [1.165, 1.54) is 32.1 Å². The highest BCUT2D eigenvalue weighted by Gasteiger charge is 2.57. The zero-order valence-electron chi connectivity index (χ0n) is 15.0. The molecule has 0 aromatic carbocycles. The fraction of sp³-hybridized carbons (Fsp3) is 0.944. The van der Waals surface area contributed by atoms with Gasteiger partial charge in [-0.1, -0.05) is 12.8 Å². The van der Waals surface area contributed by atoms with Crippen LogP contribution in [0.3, 0.4) is 0 Å². The summed E-state index contributed by atoms with van der Waals surface area (Å²) in [7, 11) is 3.70. The number of nitrogens with zero attached hydrogens (tertiary/aromatic N) is 2. The van der Waals surface area contributed by atoms with Gasteiger partial charge in [0.25, 0.3) is 0 Å². The van der Waals surface area contributed by atoms with Crippen molar-refractivity contribution in [1.29, 1.82) is 0 Å². The van der Waals surface area contributed by atoms with Crippen molar-refractivity contribution in [2.24, 2.45) is 16.3 Å². The molecule has 0 radical (unpaired) electrons. The standard InChI is InChI=1S/C18H33N3O2/c1-4-23-16-11-15(18(16)8-5-6-9-18)20-17(19-2)21-10-7-14(12-21)13-22-3/h14-16H,4-13H2,1-3H3,(H,19,20). The van der Waals surface area contributed by atoms with Crippen LogP contribution in [0.5, 0.6) is 0 Å². The molecule has 3 fully saturated rings. The topological polar surface area (TPSA) is 46.1 Å². The lowest BCUT2D eigenvalue weighted by Gasteiger charge is -2.54. The van der Waals surface area contributed by atoms with E-state index in [4.69, 9.17) is 9.47 Å². The molecule has 1 N–H and O–H groups in total. The Hall–Kier alpha value is -0.810. The zero-order valence-corrected chi connectivity index (χ0v) is 15.0. The third-order valence-electron chi connectivity index (χ3n) is 6.19. The molecule has 23 heavy (non-hydrogen) atoms. The van der Waals surface area contributed by atoms with Crippen molar-refractivity contribution in [3.05, 3.63) is 0 Å². The van der Waals surface area contributed by atoms with Crippen LogP contribution in [-0.4, -0.2) is 63.5 Å². The van der Waals surface area contributed by atoms with Crippen LogP contribution in [0.25, 0.3) is 0 Å². The quantitative estimate of drug-likeness (QED) is 0.623. The highest BCUT2D eigenvalue weighted by atomic mass is 16.5. The number of likely N-dealkylation sites (tertiary alicyclic amines) is 1. The predicted octanol–water partition coefficient (Wildman–Crippen LogP) is 2.27. The average Bonchev–Trinajstić information content (AvgIpc) is 3.21. The summed E-state index contributed by atoms with van der Waals surface area (Å²) in [5.74, 6) is 1.71. The number of rotatable bonds is 5. The van der Waals surface area contributed by atoms with Gasteiger partial charge in [-0.25, -0.2) is 0 Å². The van der Waals surface area contributed by atoms with Crippen LogP contribution in [0.2, 0.25) is 0 Å². The molecule has 2 aliphatic carbocycles. The molecule has 0 aromatic rings. The lowest BCUT2D eigenvalue weighted by molar-refractivity contribution is -0.126. The second-order valence-corrected chi connectivity index (χ2v) is 7.42. The SMILES string of the molecule is CCOC1CC(NC(=NC)N2CCC(COC)C2)C12CCCC2. The summed E-state index contributed by atoms with van der Waals surface area (Å²) < 4.78 is 11.3. The number of aliphatic imine (C=N–C) groups is 1. The first kappa shape index (κ1) is 17.0. The summed E-state index contributed by atoms with van der Waals surface area (Å²) >= 11 is 0. The summed E-state index contributed by atoms with van der Waals surface area (Å²) in [4.78, 5) is 6.96. The third kappa shape index (κ3) is 3.22. The van der Waals surface area contributed by atoms with Crippen molar-refractivity contribution in [2.45, 2.75) is 57.6 Å². The van der Waals surface area contributed by atoms with Crippen molar-refractivity contribution in [3.63, 3.8) is 0 Å². The fourth-order valence-corrected chi connectivity index (χ4v) is 4.94. The number of methoxy groups -OCH3 is 1. The maximum atomic E-state index is 6.03. The molecule has 132 valence electrons. The maximum absolute atomic E-state index is 6.03. The Labute approximate surface area is 140 Å². The van der Waals surface area contributed by atoms with E-state index in [-0.39, 0.29) is 0 Å². The smallest absolute Gasteiger partial charge is 0.193 e. The molecule has 3 unspecified atom stereocenters. The lowest BCUT2D eigenvalue weighted by atomic mass is 9.60. The van der Waals surface area contributed by atoms with Gasteiger partial charge in [0.05, 0.1) is 12.7 Å². The Balaban J connectivity index is 1.59. The van der Waals surface area contributed by atoms with Gasteiger partial charge in [0.1, 0.15) is 0 Å². The molecule has 1 heterocycles. The van der Waals surface area contributed by atoms with Crippen LogP contribution in [0.15, 0.2) is 4.99 Å². The Kier molecular flexibility index (Phi) is 5.47. The Morgan fingerprint density at radius 1 is 1.35 bits per heavy atom. The highest BCUT2D eigenvalue weighted by Crippen LogP contribution is 2.54. The summed E-state index contributed by atoms with van der Waals surface area (Å²) in [6.45, 7) is 5.94. The summed E-state index contributed by atoms with van der Waals surface area (Å²) in [5.41, 5.74) is 0.359. The van der Waals surface area contributed by atoms with Gasteiger partial charge in [-0.15, -0.1) is 0 Å². The zero-order chi connectivity index (χ0) is 16.3. The molecule has 1 aliphatic heterocycles. The first-order chi connectivity index (χ1) is 11.2. The molecule has 1 saturated heterocycles. The predicted molar refractivity (Wildman–Crippen MR) is 92.8 cm³/mol. The first-order valence-corrected chi connectivity index (χ1v) is 9.32. The number of hydrogen-bond acceptors (Lipinski definition) is 3. The van der Waals surface area contributed by atoms with Crippen molar-refractivity contribution < 1.29 is 9.47 Å². The van der Waals surface area contributed by atoms with Gasteiger partial charge in [-0.05, 0) is 32.6 Å². The number of guanidine groups is 1. The minimum atomic E-state index is 0.359. The van der Waals surface area contributed by atoms with Crippen molar-refractivity contribution in [2.75, 3.05) is 40.5 Å². The van der Waals surface area contributed by atoms with E-state index in [1.54, 1.807) is 7.11 Å². The molecule has 3 aliphatic rings. The molecule has 0 amide bonds. The van der Waals surface area contributed by atoms with Crippen molar-refractivity contribution in [1.82, 2.24) is 10.2 Å². The number of hydrogen-bond donors (Lipinski definition) is 1. The van der Waals surface area contributed by atoms with Crippen LogP contribution < -0.4 is 5.32 Å². The van der Waals surface area contributed by atoms with Gasteiger partial charge in [0, 0.05) is 51.2 Å². The molecular weight excluding hydrogens is 290 g/mol. The molecule has 1 spiro atoms. The molecule has 5 nitrogen and oxygen atoms in total. The van der Waals surface area contributed by atoms with Crippen LogP contribution in [0.4, 0.5) is 0 Å². The summed E-state index contributed by atoms with van der Waals surface area (Å²) in [5, 5.41) is 3.78. The third-order valence-corrected chi connectivity index (χ3v) is 6.19. The molecule has 5 heteroatoms. The Morgan fingerprint density at radius 2 is 2.13 bits per heavy atom. The van der Waals surface area contributed by atoms with Gasteiger partial charge >= 0.3 is 0 Å². The Morgan fingerprint density at radius 3 is 2.78 bits per heavy atom. The van der Waals surface area contributed by atoms with Gasteiger partial charge in [0.2, 0.25) is 0 Å². The molecular formula is C18H33N3O2. The molecule has 0 bridgehead atoms. The monoisotopic (exact) mass is 323 g/mol. The summed E-state index contributed by atoms with van der Waals surface area (Å²) in [6, 6.07) is 0.529. The minimum absolute atomic E-state index is 0.359. The van der Waals surface area contributed by atoms with E-state index in [9.17, 15) is 0 Å². The van der Waals surface area contributed by atoms with Crippen LogP contribution >= 0.6 is 0 Å². The number of ether oxygens (including phenoxy) is 2. The molecule has 2 saturated carbocycles. The second kappa shape index (κ2) is 7.39. The van der Waals surface area contributed by atoms with E-state index in [0.717, 1.165) is 38.7 Å². The van der Waals surface area contributed by atoms with E-state index in [2.05, 4.69) is 22.1 Å². The van der Waals surface area contributed by atoms with Crippen LogP contribution in [0, 0.1) is 11.3 Å². The lowest BCUT2D eigenvalue weighted by Crippen LogP contribution is -2.65. The van der Waals surface area contributed by atoms with E-state index in [1.807, 2.05) is 7.05 Å². The van der Waals surface area contributed by atoms with Crippen molar-refractivity contribution >= 4 is 5.96 Å². The van der Waals surface area contributed by atoms with Gasteiger partial charge in [0.15, 0.2) is 5.96 Å². The van der Waals surface area contributed by atoms with Crippen molar-refractivity contribution in [3.8, 4) is 0 Å². The molecule has 0 aromatic heterocycles. The average molecular weight is 323 g/mol. The Bertz CT molecular complexity index is 420. The highest BCUT2D eigenvalue weighted by molar-refractivity contribution is 5.80. The summed E-state index contributed by atoms with van der Waals surface area (Å²) in [6.07, 6.45) is 8.08. The minimum Gasteiger partial charge on any atom is -0.384 e. The second-order valence-electron chi connectivity index (χ2n) is 7.42. The van der Waals surface area contributed by atoms with E-state index in [0.29, 0.717) is 23.5 Å². The largest absolute Gasteiger partial charge is 0.384 e. The van der Waals surface area contributed by atoms with Crippen LogP contribution in [0.1, 0.15) is 45.4 Å². The normalized spacial score (nSPS) is 33.3. The van der Waals surface area contributed by atoms with Gasteiger partial charge in [-0.2, -0.15) is 0 Å². The van der Waals surface area contributed by atoms with E-state index >= 15 is 0 Å². The maximum Gasteiger partial charge on any atom is 0.193 e. The number of nitrogens with one attached hydrogen (secondary N) is 1. The molecule has 3 rings (SSSR count). The van der Waals surface area contributed by atoms with Gasteiger partial charge < -0.3 is 19.7 Å². The fourth-order valence-electron chi connectivity index (χ4n) is 4.94. The first-order valence-electron chi connectivity index (χ1n) is 9.32. The van der Waals surface area contributed by atoms with Gasteiger partial charge in [-0.3, -0.25) is 4.99 Å². The molecule has 3 atom stereocenters. The van der Waals surface area contributed by atoms with E-state index < -0.39 is 0 Å². The van der Waals surface area contributed by atoms with Crippen LogP contribution in [-0.2, 0) is 9.47 Å².